The second-order valence-corrected chi connectivity index (χ2v) is 6.05. The minimum atomic E-state index is -0.897. The third kappa shape index (κ3) is 4.64. The molecular weight excluding hydrogens is 390 g/mol. The first-order chi connectivity index (χ1) is 12.0. The quantitative estimate of drug-likeness (QED) is 0.553. The second-order valence-electron chi connectivity index (χ2n) is 5.19. The van der Waals surface area contributed by atoms with Crippen molar-refractivity contribution < 1.29 is 24.2 Å². The molecule has 0 aliphatic rings. The molecule has 0 heterocycles. The van der Waals surface area contributed by atoms with E-state index in [0.29, 0.717) is 28.7 Å². The number of hydrogen-bond acceptors (Lipinski definition) is 5. The predicted molar refractivity (Wildman–Crippen MR) is 97.5 cm³/mol. The van der Waals surface area contributed by atoms with Crippen LogP contribution in [0, 0.1) is 6.92 Å². The van der Waals surface area contributed by atoms with E-state index in [1.165, 1.54) is 7.11 Å². The van der Waals surface area contributed by atoms with Crippen LogP contribution in [0.3, 0.4) is 0 Å². The zero-order valence-electron chi connectivity index (χ0n) is 14.3. The maximum atomic E-state index is 11.7. The first kappa shape index (κ1) is 19.1. The van der Waals surface area contributed by atoms with Crippen molar-refractivity contribution in [1.82, 2.24) is 0 Å². The van der Waals surface area contributed by atoms with Crippen LogP contribution in [0.5, 0.6) is 11.5 Å². The second kappa shape index (κ2) is 8.73. The third-order valence-electron chi connectivity index (χ3n) is 3.44. The maximum Gasteiger partial charge on any atom is 0.438 e. The molecule has 0 aliphatic carbocycles. The summed E-state index contributed by atoms with van der Waals surface area (Å²) in [4.78, 5) is 11.7. The SMILES string of the molecule is CCOc1cccc(N(O)C(=O)OC)c1COc1ccc(C)cc1Br. The van der Waals surface area contributed by atoms with Crippen molar-refractivity contribution in [2.24, 2.45) is 0 Å². The number of hydrogen-bond donors (Lipinski definition) is 1. The molecule has 0 aromatic heterocycles. The fraction of sp³-hybridized carbons (Fsp3) is 0.278. The fourth-order valence-corrected chi connectivity index (χ4v) is 2.85. The molecule has 2 aromatic carbocycles. The fourth-order valence-electron chi connectivity index (χ4n) is 2.25. The van der Waals surface area contributed by atoms with Crippen LogP contribution in [-0.2, 0) is 11.3 Å². The highest BCUT2D eigenvalue weighted by Crippen LogP contribution is 2.32. The van der Waals surface area contributed by atoms with Gasteiger partial charge < -0.3 is 14.2 Å². The molecule has 134 valence electrons. The Balaban J connectivity index is 2.34. The molecule has 25 heavy (non-hydrogen) atoms. The first-order valence-electron chi connectivity index (χ1n) is 7.68. The molecule has 1 N–H and O–H groups in total. The first-order valence-corrected chi connectivity index (χ1v) is 8.47. The molecule has 0 unspecified atom stereocenters. The average Bonchev–Trinajstić information content (AvgIpc) is 2.60. The smallest absolute Gasteiger partial charge is 0.438 e. The summed E-state index contributed by atoms with van der Waals surface area (Å²) in [5.41, 5.74) is 1.87. The molecule has 0 aliphatic heterocycles. The minimum Gasteiger partial charge on any atom is -0.493 e. The van der Waals surface area contributed by atoms with E-state index < -0.39 is 6.09 Å². The van der Waals surface area contributed by atoms with E-state index in [1.54, 1.807) is 18.2 Å². The van der Waals surface area contributed by atoms with Gasteiger partial charge >= 0.3 is 6.09 Å². The Labute approximate surface area is 155 Å². The van der Waals surface area contributed by atoms with E-state index in [2.05, 4.69) is 20.7 Å². The topological polar surface area (TPSA) is 68.2 Å². The molecule has 0 spiro atoms. The van der Waals surface area contributed by atoms with Crippen LogP contribution in [0.1, 0.15) is 18.1 Å². The van der Waals surface area contributed by atoms with Gasteiger partial charge in [-0.2, -0.15) is 5.06 Å². The van der Waals surface area contributed by atoms with Gasteiger partial charge in [0.2, 0.25) is 0 Å². The van der Waals surface area contributed by atoms with Crippen LogP contribution >= 0.6 is 15.9 Å². The minimum absolute atomic E-state index is 0.0984. The van der Waals surface area contributed by atoms with E-state index in [9.17, 15) is 10.0 Å². The van der Waals surface area contributed by atoms with Crippen molar-refractivity contribution in [3.63, 3.8) is 0 Å². The van der Waals surface area contributed by atoms with Crippen molar-refractivity contribution >= 4 is 27.7 Å². The van der Waals surface area contributed by atoms with Crippen LogP contribution in [-0.4, -0.2) is 25.0 Å². The summed E-state index contributed by atoms with van der Waals surface area (Å²) in [5.74, 6) is 1.16. The molecule has 0 saturated heterocycles. The zero-order chi connectivity index (χ0) is 18.4. The van der Waals surface area contributed by atoms with Crippen molar-refractivity contribution in [3.05, 3.63) is 52.0 Å². The molecule has 1 amide bonds. The lowest BCUT2D eigenvalue weighted by Gasteiger charge is -2.20. The zero-order valence-corrected chi connectivity index (χ0v) is 15.9. The van der Waals surface area contributed by atoms with Crippen molar-refractivity contribution in [2.45, 2.75) is 20.5 Å². The van der Waals surface area contributed by atoms with Crippen molar-refractivity contribution in [2.75, 3.05) is 18.8 Å². The summed E-state index contributed by atoms with van der Waals surface area (Å²) < 4.78 is 16.8. The molecule has 0 atom stereocenters. The normalized spacial score (nSPS) is 10.3. The number of anilines is 1. The lowest BCUT2D eigenvalue weighted by Crippen LogP contribution is -2.28. The number of carbonyl (C=O) groups is 1. The Morgan fingerprint density at radius 2 is 1.96 bits per heavy atom. The highest BCUT2D eigenvalue weighted by atomic mass is 79.9. The van der Waals surface area contributed by atoms with Crippen molar-refractivity contribution in [1.29, 1.82) is 0 Å². The number of rotatable bonds is 6. The lowest BCUT2D eigenvalue weighted by atomic mass is 10.1. The van der Waals surface area contributed by atoms with Gasteiger partial charge in [0.15, 0.2) is 0 Å². The van der Waals surface area contributed by atoms with E-state index in [4.69, 9.17) is 9.47 Å². The van der Waals surface area contributed by atoms with E-state index in [-0.39, 0.29) is 12.3 Å². The Kier molecular flexibility index (Phi) is 6.66. The van der Waals surface area contributed by atoms with Gasteiger partial charge in [-0.05, 0) is 59.6 Å². The van der Waals surface area contributed by atoms with Crippen LogP contribution in [0.2, 0.25) is 0 Å². The van der Waals surface area contributed by atoms with Gasteiger partial charge in [-0.25, -0.2) is 4.79 Å². The largest absolute Gasteiger partial charge is 0.493 e. The number of amides is 1. The lowest BCUT2D eigenvalue weighted by molar-refractivity contribution is 0.140. The molecule has 2 aromatic rings. The van der Waals surface area contributed by atoms with E-state index in [0.717, 1.165) is 10.0 Å². The number of nitrogens with zero attached hydrogens (tertiary/aromatic N) is 1. The van der Waals surface area contributed by atoms with Crippen LogP contribution in [0.15, 0.2) is 40.9 Å². The summed E-state index contributed by atoms with van der Waals surface area (Å²) in [6, 6.07) is 10.7. The number of benzene rings is 2. The summed E-state index contributed by atoms with van der Waals surface area (Å²) in [5, 5.41) is 10.5. The molecule has 0 saturated carbocycles. The van der Waals surface area contributed by atoms with E-state index >= 15 is 0 Å². The highest BCUT2D eigenvalue weighted by molar-refractivity contribution is 9.10. The summed E-state index contributed by atoms with van der Waals surface area (Å²) in [6.45, 7) is 4.37. The summed E-state index contributed by atoms with van der Waals surface area (Å²) >= 11 is 3.46. The number of halogens is 1. The summed E-state index contributed by atoms with van der Waals surface area (Å²) in [7, 11) is 1.19. The van der Waals surface area contributed by atoms with Gasteiger partial charge in [-0.3, -0.25) is 5.21 Å². The molecule has 2 rings (SSSR count). The van der Waals surface area contributed by atoms with Gasteiger partial charge in [0.05, 0.1) is 29.4 Å². The van der Waals surface area contributed by atoms with Gasteiger partial charge in [0.1, 0.15) is 18.1 Å². The predicted octanol–water partition coefficient (Wildman–Crippen LogP) is 4.70. The van der Waals surface area contributed by atoms with Gasteiger partial charge in [-0.15, -0.1) is 0 Å². The molecular formula is C18H20BrNO5. The monoisotopic (exact) mass is 409 g/mol. The Bertz CT molecular complexity index is 750. The van der Waals surface area contributed by atoms with Gasteiger partial charge in [-0.1, -0.05) is 12.1 Å². The van der Waals surface area contributed by atoms with Crippen LogP contribution in [0.4, 0.5) is 10.5 Å². The number of hydroxylamine groups is 1. The number of methoxy groups -OCH3 is 1. The Morgan fingerprint density at radius 1 is 1.20 bits per heavy atom. The van der Waals surface area contributed by atoms with Gasteiger partial charge in [0.25, 0.3) is 0 Å². The molecule has 0 fully saturated rings. The maximum absolute atomic E-state index is 11.7. The number of ether oxygens (including phenoxy) is 3. The number of aryl methyl sites for hydroxylation is 1. The summed E-state index contributed by atoms with van der Waals surface area (Å²) in [6.07, 6.45) is -0.897. The molecule has 7 heteroatoms. The number of carbonyl (C=O) groups excluding carboxylic acids is 1. The van der Waals surface area contributed by atoms with Crippen molar-refractivity contribution in [3.8, 4) is 11.5 Å². The highest BCUT2D eigenvalue weighted by Gasteiger charge is 2.21. The molecule has 6 nitrogen and oxygen atoms in total. The Morgan fingerprint density at radius 3 is 2.60 bits per heavy atom. The van der Waals surface area contributed by atoms with Crippen LogP contribution in [0.25, 0.3) is 0 Å². The third-order valence-corrected chi connectivity index (χ3v) is 4.06. The molecule has 0 bridgehead atoms. The Hall–Kier alpha value is -2.25. The standard InChI is InChI=1S/C18H20BrNO5/c1-4-24-16-7-5-6-15(20(22)18(21)23-3)13(16)11-25-17-9-8-12(2)10-14(17)19/h5-10,22H,4,11H2,1-3H3. The van der Waals surface area contributed by atoms with Crippen LogP contribution < -0.4 is 14.5 Å². The van der Waals surface area contributed by atoms with Gasteiger partial charge in [0, 0.05) is 0 Å². The average molecular weight is 410 g/mol. The van der Waals surface area contributed by atoms with E-state index in [1.807, 2.05) is 32.0 Å². The molecule has 0 radical (unpaired) electrons.